The highest BCUT2D eigenvalue weighted by Crippen LogP contribution is 2.18. The molecule has 8 nitrogen and oxygen atoms in total. The van der Waals surface area contributed by atoms with Crippen LogP contribution in [0.1, 0.15) is 25.1 Å². The van der Waals surface area contributed by atoms with Crippen LogP contribution in [0.25, 0.3) is 11.5 Å². The number of hydrogen-bond donors (Lipinski definition) is 0. The Morgan fingerprint density at radius 3 is 2.89 bits per heavy atom. The molecule has 0 aliphatic carbocycles. The van der Waals surface area contributed by atoms with Crippen LogP contribution >= 0.6 is 0 Å². The molecule has 2 aromatic heterocycles. The van der Waals surface area contributed by atoms with Gasteiger partial charge in [-0.15, -0.1) is 15.0 Å². The normalized spacial score (nSPS) is 12.4. The zero-order chi connectivity index (χ0) is 13.1. The molecule has 2 heterocycles. The molecule has 0 aromatic carbocycles. The quantitative estimate of drug-likeness (QED) is 0.716. The third-order valence-electron chi connectivity index (χ3n) is 2.58. The van der Waals surface area contributed by atoms with E-state index in [2.05, 4.69) is 20.5 Å². The van der Waals surface area contributed by atoms with E-state index in [9.17, 15) is 4.79 Å². The summed E-state index contributed by atoms with van der Waals surface area (Å²) in [5.74, 6) is 0.459. The summed E-state index contributed by atoms with van der Waals surface area (Å²) in [6.07, 6.45) is 1.77. The van der Waals surface area contributed by atoms with Crippen LogP contribution in [0.4, 0.5) is 0 Å². The molecule has 0 fully saturated rings. The van der Waals surface area contributed by atoms with Crippen molar-refractivity contribution in [3.63, 3.8) is 0 Å². The molecule has 1 unspecified atom stereocenters. The van der Waals surface area contributed by atoms with E-state index in [1.54, 1.807) is 10.9 Å². The first-order valence-corrected chi connectivity index (χ1v) is 5.55. The molecule has 0 saturated carbocycles. The Bertz CT molecular complexity index is 527. The molecule has 0 amide bonds. The van der Waals surface area contributed by atoms with Crippen molar-refractivity contribution in [3.05, 3.63) is 11.8 Å². The maximum Gasteiger partial charge on any atom is 0.295 e. The van der Waals surface area contributed by atoms with Crippen LogP contribution in [-0.2, 0) is 16.6 Å². The van der Waals surface area contributed by atoms with E-state index in [-0.39, 0.29) is 0 Å². The van der Waals surface area contributed by atoms with Gasteiger partial charge in [0.05, 0.1) is 6.20 Å². The van der Waals surface area contributed by atoms with Gasteiger partial charge < -0.3 is 4.74 Å². The molecule has 0 saturated heterocycles. The second-order valence-electron chi connectivity index (χ2n) is 3.83. The van der Waals surface area contributed by atoms with Gasteiger partial charge in [-0.2, -0.15) is 5.10 Å². The Balaban J connectivity index is 2.33. The van der Waals surface area contributed by atoms with Gasteiger partial charge in [0, 0.05) is 13.5 Å². The lowest BCUT2D eigenvalue weighted by Gasteiger charge is -2.09. The number of carbonyl (C=O) groups excluding carboxylic acids is 1. The molecule has 0 N–H and O–H groups in total. The van der Waals surface area contributed by atoms with Crippen LogP contribution in [-0.4, -0.2) is 36.5 Å². The lowest BCUT2D eigenvalue weighted by molar-refractivity contribution is -0.139. The van der Waals surface area contributed by atoms with Gasteiger partial charge in [0.15, 0.2) is 0 Å². The molecular weight excluding hydrogens is 236 g/mol. The van der Waals surface area contributed by atoms with Crippen molar-refractivity contribution < 1.29 is 9.53 Å². The predicted molar refractivity (Wildman–Crippen MR) is 61.2 cm³/mol. The van der Waals surface area contributed by atoms with Crippen molar-refractivity contribution in [2.75, 3.05) is 0 Å². The van der Waals surface area contributed by atoms with Gasteiger partial charge in [-0.1, -0.05) is 6.92 Å². The van der Waals surface area contributed by atoms with Gasteiger partial charge in [-0.3, -0.25) is 9.48 Å². The minimum absolute atomic E-state index is 0.381. The van der Waals surface area contributed by atoms with Crippen molar-refractivity contribution in [2.45, 2.75) is 26.5 Å². The number of rotatable bonds is 5. The third-order valence-corrected chi connectivity index (χ3v) is 2.58. The molecule has 18 heavy (non-hydrogen) atoms. The Morgan fingerprint density at radius 2 is 2.33 bits per heavy atom. The van der Waals surface area contributed by atoms with Crippen molar-refractivity contribution in [1.29, 1.82) is 0 Å². The zero-order valence-corrected chi connectivity index (χ0v) is 10.4. The summed E-state index contributed by atoms with van der Waals surface area (Å²) in [4.78, 5) is 11.7. The van der Waals surface area contributed by atoms with Crippen LogP contribution in [0.2, 0.25) is 0 Å². The number of nitrogens with zero attached hydrogens (tertiary/aromatic N) is 6. The molecular formula is C10H14N6O2. The van der Waals surface area contributed by atoms with Crippen LogP contribution < -0.4 is 0 Å². The molecule has 2 rings (SSSR count). The Labute approximate surface area is 104 Å². The van der Waals surface area contributed by atoms with Gasteiger partial charge in [-0.25, -0.2) is 0 Å². The maximum atomic E-state index is 10.4. The van der Waals surface area contributed by atoms with Gasteiger partial charge in [0.25, 0.3) is 6.47 Å². The number of carbonyl (C=O) groups is 1. The van der Waals surface area contributed by atoms with Gasteiger partial charge in [-0.05, 0) is 17.7 Å². The van der Waals surface area contributed by atoms with Crippen LogP contribution in [0.3, 0.4) is 0 Å². The number of aromatic nitrogens is 6. The SMILES string of the molecule is CCC(OC=O)n1nnc(-c2c(C)cnn2C)n1. The average molecular weight is 250 g/mol. The van der Waals surface area contributed by atoms with Crippen molar-refractivity contribution in [2.24, 2.45) is 7.05 Å². The van der Waals surface area contributed by atoms with E-state index in [0.717, 1.165) is 11.3 Å². The third kappa shape index (κ3) is 2.08. The Morgan fingerprint density at radius 1 is 1.56 bits per heavy atom. The molecule has 96 valence electrons. The molecule has 0 bridgehead atoms. The van der Waals surface area contributed by atoms with Crippen LogP contribution in [0.5, 0.6) is 0 Å². The van der Waals surface area contributed by atoms with Gasteiger partial charge in [0.2, 0.25) is 12.1 Å². The molecule has 2 aromatic rings. The average Bonchev–Trinajstić information content (AvgIpc) is 2.94. The first-order chi connectivity index (χ1) is 8.67. The van der Waals surface area contributed by atoms with Gasteiger partial charge >= 0.3 is 0 Å². The molecule has 1 atom stereocenters. The Hall–Kier alpha value is -2.25. The van der Waals surface area contributed by atoms with Gasteiger partial charge in [0.1, 0.15) is 5.69 Å². The fraction of sp³-hybridized carbons (Fsp3) is 0.500. The summed E-state index contributed by atoms with van der Waals surface area (Å²) in [5.41, 5.74) is 1.75. The van der Waals surface area contributed by atoms with E-state index in [4.69, 9.17) is 4.74 Å². The summed E-state index contributed by atoms with van der Waals surface area (Å²) in [5, 5.41) is 16.2. The van der Waals surface area contributed by atoms with E-state index < -0.39 is 6.23 Å². The minimum Gasteiger partial charge on any atom is -0.440 e. The monoisotopic (exact) mass is 250 g/mol. The summed E-state index contributed by atoms with van der Waals surface area (Å²) in [6.45, 7) is 4.17. The number of aryl methyl sites for hydroxylation is 2. The number of ether oxygens (including phenoxy) is 1. The summed E-state index contributed by atoms with van der Waals surface area (Å²) in [6, 6.07) is 0. The second-order valence-corrected chi connectivity index (χ2v) is 3.83. The van der Waals surface area contributed by atoms with E-state index in [0.29, 0.717) is 18.7 Å². The Kier molecular flexibility index (Phi) is 3.35. The fourth-order valence-electron chi connectivity index (χ4n) is 1.69. The predicted octanol–water partition coefficient (Wildman–Crippen LogP) is 0.464. The highest BCUT2D eigenvalue weighted by atomic mass is 16.5. The molecule has 8 heteroatoms. The molecule has 0 spiro atoms. The van der Waals surface area contributed by atoms with Crippen molar-refractivity contribution >= 4 is 6.47 Å². The standard InChI is InChI=1S/C10H14N6O2/c1-4-8(18-6-17)16-13-10(12-14-16)9-7(2)5-11-15(9)3/h5-6,8H,4H2,1-3H3. The van der Waals surface area contributed by atoms with Crippen molar-refractivity contribution in [3.8, 4) is 11.5 Å². The largest absolute Gasteiger partial charge is 0.440 e. The number of tetrazole rings is 1. The summed E-state index contributed by atoms with van der Waals surface area (Å²) >= 11 is 0. The lowest BCUT2D eigenvalue weighted by Crippen LogP contribution is -2.14. The lowest BCUT2D eigenvalue weighted by atomic mass is 10.3. The zero-order valence-electron chi connectivity index (χ0n) is 10.4. The minimum atomic E-state index is -0.530. The molecule has 0 radical (unpaired) electrons. The number of hydrogen-bond acceptors (Lipinski definition) is 6. The van der Waals surface area contributed by atoms with E-state index >= 15 is 0 Å². The van der Waals surface area contributed by atoms with Crippen LogP contribution in [0.15, 0.2) is 6.20 Å². The van der Waals surface area contributed by atoms with Crippen LogP contribution in [0, 0.1) is 6.92 Å². The first kappa shape index (κ1) is 12.2. The second kappa shape index (κ2) is 4.94. The summed E-state index contributed by atoms with van der Waals surface area (Å²) < 4.78 is 6.54. The topological polar surface area (TPSA) is 87.7 Å². The fourth-order valence-corrected chi connectivity index (χ4v) is 1.69. The van der Waals surface area contributed by atoms with E-state index in [1.165, 1.54) is 4.80 Å². The summed E-state index contributed by atoms with van der Waals surface area (Å²) in [7, 11) is 1.81. The molecule has 0 aliphatic rings. The first-order valence-electron chi connectivity index (χ1n) is 5.55. The van der Waals surface area contributed by atoms with Crippen molar-refractivity contribution in [1.82, 2.24) is 30.0 Å². The highest BCUT2D eigenvalue weighted by Gasteiger charge is 2.17. The highest BCUT2D eigenvalue weighted by molar-refractivity contribution is 5.53. The molecule has 0 aliphatic heterocycles. The van der Waals surface area contributed by atoms with E-state index in [1.807, 2.05) is 20.9 Å². The maximum absolute atomic E-state index is 10.4. The smallest absolute Gasteiger partial charge is 0.295 e.